The predicted molar refractivity (Wildman–Crippen MR) is 88.9 cm³/mol. The van der Waals surface area contributed by atoms with Crippen molar-refractivity contribution in [2.45, 2.75) is 24.2 Å². The molecule has 0 unspecified atom stereocenters. The first-order valence-electron chi connectivity index (χ1n) is 7.39. The van der Waals surface area contributed by atoms with Crippen molar-refractivity contribution >= 4 is 26.5 Å². The molecule has 7 heteroatoms. The molecule has 1 fully saturated rings. The Morgan fingerprint density at radius 3 is 2.64 bits per heavy atom. The Morgan fingerprint density at radius 1 is 1.18 bits per heavy atom. The highest BCUT2D eigenvalue weighted by Gasteiger charge is 2.16. The van der Waals surface area contributed by atoms with Gasteiger partial charge < -0.3 is 4.90 Å². The maximum absolute atomic E-state index is 12.1. The highest BCUT2D eigenvalue weighted by atomic mass is 32.2. The molecule has 2 heterocycles. The average Bonchev–Trinajstić information content (AvgIpc) is 3.19. The number of nitrogens with one attached hydrogen (secondary N) is 1. The van der Waals surface area contributed by atoms with Crippen molar-refractivity contribution < 1.29 is 8.42 Å². The van der Waals surface area contributed by atoms with E-state index in [9.17, 15) is 8.42 Å². The van der Waals surface area contributed by atoms with Gasteiger partial charge in [0, 0.05) is 31.4 Å². The SMILES string of the molecule is O=S(=O)(NCCc1csc(N2CCCC2)n1)c1ccccc1. The Bertz CT molecular complexity index is 707. The first-order chi connectivity index (χ1) is 10.6. The summed E-state index contributed by atoms with van der Waals surface area (Å²) >= 11 is 1.64. The number of sulfonamides is 1. The largest absolute Gasteiger partial charge is 0.348 e. The monoisotopic (exact) mass is 337 g/mol. The van der Waals surface area contributed by atoms with Crippen LogP contribution in [0.3, 0.4) is 0 Å². The maximum atomic E-state index is 12.1. The number of thiazole rings is 1. The molecule has 0 bridgehead atoms. The molecule has 0 amide bonds. The molecule has 0 aliphatic carbocycles. The minimum atomic E-state index is -3.42. The lowest BCUT2D eigenvalue weighted by molar-refractivity contribution is 0.581. The average molecular weight is 337 g/mol. The third kappa shape index (κ3) is 3.66. The van der Waals surface area contributed by atoms with Crippen LogP contribution in [0.25, 0.3) is 0 Å². The van der Waals surface area contributed by atoms with Gasteiger partial charge in [-0.3, -0.25) is 0 Å². The molecule has 2 aromatic rings. The fourth-order valence-corrected chi connectivity index (χ4v) is 4.43. The number of hydrogen-bond acceptors (Lipinski definition) is 5. The van der Waals surface area contributed by atoms with Gasteiger partial charge in [-0.05, 0) is 25.0 Å². The van der Waals surface area contributed by atoms with E-state index >= 15 is 0 Å². The number of rotatable bonds is 6. The Morgan fingerprint density at radius 2 is 1.91 bits per heavy atom. The Balaban J connectivity index is 1.55. The molecule has 0 saturated carbocycles. The van der Waals surface area contributed by atoms with Crippen LogP contribution >= 0.6 is 11.3 Å². The molecule has 0 atom stereocenters. The first-order valence-corrected chi connectivity index (χ1v) is 9.75. The molecule has 22 heavy (non-hydrogen) atoms. The summed E-state index contributed by atoms with van der Waals surface area (Å²) < 4.78 is 26.8. The predicted octanol–water partition coefficient (Wildman–Crippen LogP) is 2.26. The van der Waals surface area contributed by atoms with Gasteiger partial charge in [-0.1, -0.05) is 18.2 Å². The third-order valence-corrected chi connectivity index (χ3v) is 6.07. The van der Waals surface area contributed by atoms with Crippen LogP contribution in [0.1, 0.15) is 18.5 Å². The van der Waals surface area contributed by atoms with Gasteiger partial charge in [0.15, 0.2) is 5.13 Å². The summed E-state index contributed by atoms with van der Waals surface area (Å²) in [6, 6.07) is 8.43. The lowest BCUT2D eigenvalue weighted by Crippen LogP contribution is -2.26. The van der Waals surface area contributed by atoms with Crippen LogP contribution in [0.2, 0.25) is 0 Å². The van der Waals surface area contributed by atoms with E-state index in [-0.39, 0.29) is 0 Å². The summed E-state index contributed by atoms with van der Waals surface area (Å²) in [5.74, 6) is 0. The first kappa shape index (κ1) is 15.5. The van der Waals surface area contributed by atoms with Gasteiger partial charge >= 0.3 is 0 Å². The molecule has 0 spiro atoms. The molecule has 1 saturated heterocycles. The van der Waals surface area contributed by atoms with E-state index in [0.29, 0.717) is 17.9 Å². The van der Waals surface area contributed by atoms with Crippen LogP contribution in [0.5, 0.6) is 0 Å². The van der Waals surface area contributed by atoms with E-state index in [1.54, 1.807) is 41.7 Å². The molecule has 1 aliphatic heterocycles. The van der Waals surface area contributed by atoms with Gasteiger partial charge in [0.05, 0.1) is 10.6 Å². The summed E-state index contributed by atoms with van der Waals surface area (Å²) in [6.45, 7) is 2.52. The molecule has 118 valence electrons. The van der Waals surface area contributed by atoms with Gasteiger partial charge in [0.1, 0.15) is 0 Å². The Hall–Kier alpha value is -1.44. The third-order valence-electron chi connectivity index (χ3n) is 3.64. The molecule has 0 radical (unpaired) electrons. The normalized spacial score (nSPS) is 15.4. The van der Waals surface area contributed by atoms with E-state index in [0.717, 1.165) is 23.9 Å². The smallest absolute Gasteiger partial charge is 0.240 e. The second-order valence-electron chi connectivity index (χ2n) is 5.28. The van der Waals surface area contributed by atoms with Crippen LogP contribution in [-0.4, -0.2) is 33.0 Å². The minimum Gasteiger partial charge on any atom is -0.348 e. The van der Waals surface area contributed by atoms with Gasteiger partial charge in [-0.15, -0.1) is 11.3 Å². The standard InChI is InChI=1S/C15H19N3O2S2/c19-22(20,14-6-2-1-3-7-14)16-9-8-13-12-21-15(17-13)18-10-4-5-11-18/h1-3,6-7,12,16H,4-5,8-11H2. The Labute approximate surface area is 135 Å². The van der Waals surface area contributed by atoms with Gasteiger partial charge in [0.25, 0.3) is 0 Å². The number of benzene rings is 1. The van der Waals surface area contributed by atoms with E-state index in [1.807, 2.05) is 5.38 Å². The van der Waals surface area contributed by atoms with Gasteiger partial charge in [0.2, 0.25) is 10.0 Å². The molecule has 1 aliphatic rings. The van der Waals surface area contributed by atoms with Crippen LogP contribution in [0.4, 0.5) is 5.13 Å². The van der Waals surface area contributed by atoms with Crippen molar-refractivity contribution in [2.75, 3.05) is 24.5 Å². The molecule has 1 N–H and O–H groups in total. The van der Waals surface area contributed by atoms with Crippen molar-refractivity contribution in [3.05, 3.63) is 41.4 Å². The second-order valence-corrected chi connectivity index (χ2v) is 7.88. The van der Waals surface area contributed by atoms with E-state index in [1.165, 1.54) is 12.8 Å². The maximum Gasteiger partial charge on any atom is 0.240 e. The lowest BCUT2D eigenvalue weighted by atomic mass is 10.3. The van der Waals surface area contributed by atoms with Crippen LogP contribution in [-0.2, 0) is 16.4 Å². The fourth-order valence-electron chi connectivity index (χ4n) is 2.46. The number of anilines is 1. The molecular weight excluding hydrogens is 318 g/mol. The molecular formula is C15H19N3O2S2. The fraction of sp³-hybridized carbons (Fsp3) is 0.400. The highest BCUT2D eigenvalue weighted by molar-refractivity contribution is 7.89. The lowest BCUT2D eigenvalue weighted by Gasteiger charge is -2.12. The molecule has 5 nitrogen and oxygen atoms in total. The van der Waals surface area contributed by atoms with E-state index in [4.69, 9.17) is 0 Å². The quantitative estimate of drug-likeness (QED) is 0.878. The van der Waals surface area contributed by atoms with Crippen LogP contribution < -0.4 is 9.62 Å². The van der Waals surface area contributed by atoms with Crippen molar-refractivity contribution in [1.29, 1.82) is 0 Å². The molecule has 3 rings (SSSR count). The molecule has 1 aromatic heterocycles. The number of hydrogen-bond donors (Lipinski definition) is 1. The zero-order valence-electron chi connectivity index (χ0n) is 12.2. The second kappa shape index (κ2) is 6.76. The number of aromatic nitrogens is 1. The zero-order chi connectivity index (χ0) is 15.4. The topological polar surface area (TPSA) is 62.3 Å². The summed E-state index contributed by atoms with van der Waals surface area (Å²) in [7, 11) is -3.42. The van der Waals surface area contributed by atoms with Crippen molar-refractivity contribution in [3.63, 3.8) is 0 Å². The highest BCUT2D eigenvalue weighted by Crippen LogP contribution is 2.24. The van der Waals surface area contributed by atoms with Crippen molar-refractivity contribution in [2.24, 2.45) is 0 Å². The zero-order valence-corrected chi connectivity index (χ0v) is 13.9. The van der Waals surface area contributed by atoms with Crippen molar-refractivity contribution in [3.8, 4) is 0 Å². The minimum absolute atomic E-state index is 0.297. The summed E-state index contributed by atoms with van der Waals surface area (Å²) in [6.07, 6.45) is 3.06. The van der Waals surface area contributed by atoms with Crippen LogP contribution in [0.15, 0.2) is 40.6 Å². The summed E-state index contributed by atoms with van der Waals surface area (Å²) in [5.41, 5.74) is 0.947. The van der Waals surface area contributed by atoms with Gasteiger partial charge in [-0.2, -0.15) is 0 Å². The van der Waals surface area contributed by atoms with Crippen molar-refractivity contribution in [1.82, 2.24) is 9.71 Å². The van der Waals surface area contributed by atoms with E-state index < -0.39 is 10.0 Å². The van der Waals surface area contributed by atoms with Crippen LogP contribution in [0, 0.1) is 0 Å². The Kier molecular flexibility index (Phi) is 4.75. The molecule has 1 aromatic carbocycles. The van der Waals surface area contributed by atoms with Gasteiger partial charge in [-0.25, -0.2) is 18.1 Å². The summed E-state index contributed by atoms with van der Waals surface area (Å²) in [5, 5.41) is 3.07. The number of nitrogens with zero attached hydrogens (tertiary/aromatic N) is 2. The van der Waals surface area contributed by atoms with E-state index in [2.05, 4.69) is 14.6 Å². The summed E-state index contributed by atoms with van der Waals surface area (Å²) in [4.78, 5) is 7.19.